The van der Waals surface area contributed by atoms with Crippen LogP contribution in [0.2, 0.25) is 0 Å². The maximum Gasteiger partial charge on any atom is 0.260 e. The van der Waals surface area contributed by atoms with Gasteiger partial charge in [0.25, 0.3) is 5.91 Å². The van der Waals surface area contributed by atoms with E-state index in [0.29, 0.717) is 25.5 Å². The van der Waals surface area contributed by atoms with Crippen LogP contribution in [0, 0.1) is 6.92 Å². The molecule has 7 nitrogen and oxygen atoms in total. The van der Waals surface area contributed by atoms with Crippen LogP contribution in [0.15, 0.2) is 18.2 Å². The third-order valence-corrected chi connectivity index (χ3v) is 7.33. The zero-order valence-corrected chi connectivity index (χ0v) is 18.6. The zero-order valence-electron chi connectivity index (χ0n) is 17.8. The second kappa shape index (κ2) is 8.85. The Morgan fingerprint density at radius 2 is 1.90 bits per heavy atom. The molecule has 3 heterocycles. The van der Waals surface area contributed by atoms with Crippen molar-refractivity contribution >= 4 is 15.9 Å². The fourth-order valence-corrected chi connectivity index (χ4v) is 5.93. The van der Waals surface area contributed by atoms with Gasteiger partial charge < -0.3 is 14.4 Å². The van der Waals surface area contributed by atoms with E-state index in [9.17, 15) is 13.2 Å². The van der Waals surface area contributed by atoms with Crippen molar-refractivity contribution < 1.29 is 22.7 Å². The third-order valence-electron chi connectivity index (χ3n) is 6.60. The Morgan fingerprint density at radius 1 is 1.13 bits per heavy atom. The number of hydrogen-bond donors (Lipinski definition) is 1. The molecule has 8 heteroatoms. The molecular formula is C22H32N2O5S. The first kappa shape index (κ1) is 21.6. The summed E-state index contributed by atoms with van der Waals surface area (Å²) in [5.41, 5.74) is 2.38. The second-order valence-electron chi connectivity index (χ2n) is 8.93. The SMILES string of the molecule is Cc1ccc2c(c1)[C@H]1CC[C@H](CC1)OC[C@H]1[C@@H](NS(C)(=O)=O)CCCN1C(=O)CO2. The maximum absolute atomic E-state index is 13.1. The number of hydrogen-bond acceptors (Lipinski definition) is 5. The maximum atomic E-state index is 13.1. The number of nitrogens with zero attached hydrogens (tertiary/aromatic N) is 1. The molecule has 1 saturated heterocycles. The Labute approximate surface area is 179 Å². The van der Waals surface area contributed by atoms with Gasteiger partial charge in [-0.25, -0.2) is 13.1 Å². The number of fused-ring (bicyclic) bond motifs is 5. The minimum Gasteiger partial charge on any atom is -0.483 e. The zero-order chi connectivity index (χ0) is 21.3. The van der Waals surface area contributed by atoms with Crippen LogP contribution in [0.5, 0.6) is 5.75 Å². The topological polar surface area (TPSA) is 84.9 Å². The molecule has 0 unspecified atom stereocenters. The normalized spacial score (nSPS) is 30.3. The van der Waals surface area contributed by atoms with Crippen LogP contribution < -0.4 is 9.46 Å². The van der Waals surface area contributed by atoms with Gasteiger partial charge in [-0.05, 0) is 63.0 Å². The van der Waals surface area contributed by atoms with Crippen molar-refractivity contribution in [2.24, 2.45) is 0 Å². The summed E-state index contributed by atoms with van der Waals surface area (Å²) in [6, 6.07) is 5.52. The Kier molecular flexibility index (Phi) is 6.36. The van der Waals surface area contributed by atoms with Crippen LogP contribution in [-0.2, 0) is 19.6 Å². The first-order chi connectivity index (χ1) is 14.3. The number of ether oxygens (including phenoxy) is 2. The summed E-state index contributed by atoms with van der Waals surface area (Å²) in [4.78, 5) is 14.8. The highest BCUT2D eigenvalue weighted by Crippen LogP contribution is 2.39. The molecule has 3 aliphatic heterocycles. The van der Waals surface area contributed by atoms with E-state index in [4.69, 9.17) is 9.47 Å². The molecule has 1 aromatic carbocycles. The van der Waals surface area contributed by atoms with Crippen molar-refractivity contribution in [2.75, 3.05) is 26.0 Å². The number of carbonyl (C=O) groups is 1. The van der Waals surface area contributed by atoms with Gasteiger partial charge in [0.15, 0.2) is 6.61 Å². The van der Waals surface area contributed by atoms with Crippen LogP contribution in [0.1, 0.15) is 55.6 Å². The van der Waals surface area contributed by atoms with E-state index in [1.54, 1.807) is 4.90 Å². The third kappa shape index (κ3) is 4.98. The number of benzene rings is 1. The van der Waals surface area contributed by atoms with Crippen molar-refractivity contribution in [3.05, 3.63) is 29.3 Å². The van der Waals surface area contributed by atoms with Crippen molar-refractivity contribution in [1.82, 2.24) is 9.62 Å². The Hall–Kier alpha value is -1.64. The summed E-state index contributed by atoms with van der Waals surface area (Å²) in [6.07, 6.45) is 6.73. The molecule has 5 rings (SSSR count). The van der Waals surface area contributed by atoms with Gasteiger partial charge in [0.05, 0.1) is 25.0 Å². The first-order valence-corrected chi connectivity index (χ1v) is 12.8. The van der Waals surface area contributed by atoms with E-state index in [0.717, 1.165) is 44.1 Å². The van der Waals surface area contributed by atoms with E-state index in [2.05, 4.69) is 17.7 Å². The molecule has 1 N–H and O–H groups in total. The summed E-state index contributed by atoms with van der Waals surface area (Å²) in [5.74, 6) is 1.08. The number of amides is 1. The Balaban J connectivity index is 1.62. The number of nitrogens with one attached hydrogen (secondary N) is 1. The quantitative estimate of drug-likeness (QED) is 0.769. The smallest absolute Gasteiger partial charge is 0.260 e. The summed E-state index contributed by atoms with van der Waals surface area (Å²) < 4.78 is 38.8. The summed E-state index contributed by atoms with van der Waals surface area (Å²) in [6.45, 7) is 2.97. The fourth-order valence-electron chi connectivity index (χ4n) is 5.10. The molecule has 166 valence electrons. The predicted octanol–water partition coefficient (Wildman–Crippen LogP) is 2.34. The van der Waals surface area contributed by atoms with E-state index < -0.39 is 10.0 Å². The van der Waals surface area contributed by atoms with Crippen molar-refractivity contribution in [1.29, 1.82) is 0 Å². The standard InChI is InChI=1S/C22H32N2O5S/c1-15-5-10-21-18(12-15)16-6-8-17(9-7-16)28-13-20-19(23-30(2,26)27)4-3-11-24(20)22(25)14-29-21/h5,10,12,16-17,19-20,23H,3-4,6-9,11,13-14H2,1-2H3/t16-,17+,19-,20-/m0/s1. The van der Waals surface area contributed by atoms with Gasteiger partial charge in [-0.1, -0.05) is 17.7 Å². The molecule has 4 aliphatic rings. The lowest BCUT2D eigenvalue weighted by Crippen LogP contribution is -2.59. The summed E-state index contributed by atoms with van der Waals surface area (Å²) in [5, 5.41) is 0. The number of aryl methyl sites for hydroxylation is 1. The lowest BCUT2D eigenvalue weighted by molar-refractivity contribution is -0.140. The van der Waals surface area contributed by atoms with Gasteiger partial charge in [-0.15, -0.1) is 0 Å². The molecule has 0 radical (unpaired) electrons. The molecule has 1 aromatic rings. The molecule has 0 aromatic heterocycles. The van der Waals surface area contributed by atoms with Gasteiger partial charge in [0, 0.05) is 12.6 Å². The lowest BCUT2D eigenvalue weighted by Gasteiger charge is -2.41. The lowest BCUT2D eigenvalue weighted by atomic mass is 9.82. The molecule has 0 spiro atoms. The number of carbonyl (C=O) groups excluding carboxylic acids is 1. The van der Waals surface area contributed by atoms with Gasteiger partial charge in [-0.2, -0.15) is 0 Å². The number of rotatable bonds is 2. The van der Waals surface area contributed by atoms with Gasteiger partial charge >= 0.3 is 0 Å². The summed E-state index contributed by atoms with van der Waals surface area (Å²) in [7, 11) is -3.38. The van der Waals surface area contributed by atoms with Crippen molar-refractivity contribution in [2.45, 2.75) is 69.6 Å². The minimum atomic E-state index is -3.38. The fraction of sp³-hybridized carbons (Fsp3) is 0.682. The minimum absolute atomic E-state index is 0.0473. The average Bonchev–Trinajstić information content (AvgIpc) is 2.71. The second-order valence-corrected chi connectivity index (χ2v) is 10.7. The molecule has 1 amide bonds. The van der Waals surface area contributed by atoms with Crippen LogP contribution in [0.4, 0.5) is 0 Å². The van der Waals surface area contributed by atoms with Gasteiger partial charge in [0.1, 0.15) is 5.75 Å². The summed E-state index contributed by atoms with van der Waals surface area (Å²) >= 11 is 0. The molecule has 2 atom stereocenters. The molecule has 1 saturated carbocycles. The van der Waals surface area contributed by atoms with Gasteiger partial charge in [-0.3, -0.25) is 4.79 Å². The predicted molar refractivity (Wildman–Crippen MR) is 114 cm³/mol. The molecular weight excluding hydrogens is 404 g/mol. The van der Waals surface area contributed by atoms with E-state index >= 15 is 0 Å². The first-order valence-electron chi connectivity index (χ1n) is 10.9. The molecule has 2 bridgehead atoms. The van der Waals surface area contributed by atoms with Crippen molar-refractivity contribution in [3.8, 4) is 5.75 Å². The number of piperidine rings is 1. The molecule has 30 heavy (non-hydrogen) atoms. The average molecular weight is 437 g/mol. The van der Waals surface area contributed by atoms with Crippen molar-refractivity contribution in [3.63, 3.8) is 0 Å². The van der Waals surface area contributed by atoms with Crippen LogP contribution in [0.25, 0.3) is 0 Å². The monoisotopic (exact) mass is 436 g/mol. The highest BCUT2D eigenvalue weighted by molar-refractivity contribution is 7.88. The Morgan fingerprint density at radius 3 is 2.63 bits per heavy atom. The largest absolute Gasteiger partial charge is 0.483 e. The van der Waals surface area contributed by atoms with Crippen LogP contribution in [-0.4, -0.2) is 63.4 Å². The molecule has 1 aliphatic carbocycles. The van der Waals surface area contributed by atoms with Crippen LogP contribution in [0.3, 0.4) is 0 Å². The van der Waals surface area contributed by atoms with Gasteiger partial charge in [0.2, 0.25) is 10.0 Å². The molecule has 2 fully saturated rings. The highest BCUT2D eigenvalue weighted by atomic mass is 32.2. The van der Waals surface area contributed by atoms with E-state index in [1.165, 1.54) is 11.1 Å². The van der Waals surface area contributed by atoms with Crippen LogP contribution >= 0.6 is 0 Å². The number of sulfonamides is 1. The highest BCUT2D eigenvalue weighted by Gasteiger charge is 2.37. The van der Waals surface area contributed by atoms with E-state index in [1.807, 2.05) is 12.1 Å². The van der Waals surface area contributed by atoms with E-state index in [-0.39, 0.29) is 30.7 Å². The Bertz CT molecular complexity index is 880.